The van der Waals surface area contributed by atoms with Crippen molar-refractivity contribution in [3.63, 3.8) is 0 Å². The van der Waals surface area contributed by atoms with E-state index in [1.165, 1.54) is 18.4 Å². The molecule has 0 bridgehead atoms. The van der Waals surface area contributed by atoms with Crippen molar-refractivity contribution in [1.82, 2.24) is 0 Å². The van der Waals surface area contributed by atoms with Crippen molar-refractivity contribution >= 4 is 0 Å². The Morgan fingerprint density at radius 1 is 0.895 bits per heavy atom. The van der Waals surface area contributed by atoms with Crippen LogP contribution >= 0.6 is 0 Å². The molecule has 0 amide bonds. The van der Waals surface area contributed by atoms with Crippen molar-refractivity contribution in [3.05, 3.63) is 29.8 Å². The second-order valence-electron chi connectivity index (χ2n) is 5.18. The van der Waals surface area contributed by atoms with Crippen LogP contribution < -0.4 is 4.74 Å². The minimum absolute atomic E-state index is 0.356. The van der Waals surface area contributed by atoms with Crippen LogP contribution in [0.1, 0.15) is 52.0 Å². The van der Waals surface area contributed by atoms with Crippen molar-refractivity contribution in [1.29, 1.82) is 0 Å². The van der Waals surface area contributed by atoms with E-state index in [1.807, 2.05) is 0 Å². The molecule has 0 unspecified atom stereocenters. The minimum atomic E-state index is 0.356. The number of hydrogen-bond acceptors (Lipinski definition) is 2. The molecule has 0 spiro atoms. The average molecular weight is 264 g/mol. The third-order valence-electron chi connectivity index (χ3n) is 3.09. The van der Waals surface area contributed by atoms with Gasteiger partial charge in [-0.15, -0.1) is 0 Å². The van der Waals surface area contributed by atoms with Gasteiger partial charge in [0.2, 0.25) is 0 Å². The Hall–Kier alpha value is -1.02. The first-order chi connectivity index (χ1) is 9.22. The summed E-state index contributed by atoms with van der Waals surface area (Å²) in [6.07, 6.45) is 6.16. The summed E-state index contributed by atoms with van der Waals surface area (Å²) in [6, 6.07) is 8.40. The van der Waals surface area contributed by atoms with Crippen molar-refractivity contribution in [2.75, 3.05) is 13.2 Å². The molecule has 0 saturated carbocycles. The van der Waals surface area contributed by atoms with Gasteiger partial charge in [0.05, 0.1) is 12.7 Å². The predicted octanol–water partition coefficient (Wildman–Crippen LogP) is 4.61. The van der Waals surface area contributed by atoms with Crippen LogP contribution in [0.4, 0.5) is 0 Å². The van der Waals surface area contributed by atoms with Gasteiger partial charge in [-0.25, -0.2) is 0 Å². The van der Waals surface area contributed by atoms with E-state index < -0.39 is 0 Å². The molecule has 108 valence electrons. The Kier molecular flexibility index (Phi) is 8.31. The summed E-state index contributed by atoms with van der Waals surface area (Å²) in [5.41, 5.74) is 1.36. The maximum atomic E-state index is 5.72. The number of aryl methyl sites for hydroxylation is 1. The highest BCUT2D eigenvalue weighted by atomic mass is 16.5. The van der Waals surface area contributed by atoms with Crippen LogP contribution in [0.15, 0.2) is 24.3 Å². The Bertz CT molecular complexity index is 317. The van der Waals surface area contributed by atoms with E-state index in [0.29, 0.717) is 6.10 Å². The number of rotatable bonds is 10. The van der Waals surface area contributed by atoms with Gasteiger partial charge in [-0.3, -0.25) is 0 Å². The lowest BCUT2D eigenvalue weighted by atomic mass is 10.2. The van der Waals surface area contributed by atoms with Gasteiger partial charge in [-0.2, -0.15) is 0 Å². The van der Waals surface area contributed by atoms with Gasteiger partial charge in [0.15, 0.2) is 0 Å². The lowest BCUT2D eigenvalue weighted by Gasteiger charge is -2.08. The molecule has 0 saturated heterocycles. The third-order valence-corrected chi connectivity index (χ3v) is 3.09. The van der Waals surface area contributed by atoms with Gasteiger partial charge >= 0.3 is 0 Å². The van der Waals surface area contributed by atoms with Gasteiger partial charge in [0.1, 0.15) is 5.75 Å². The number of unbranched alkanes of at least 4 members (excludes halogenated alkanes) is 3. The molecule has 2 heteroatoms. The van der Waals surface area contributed by atoms with Crippen LogP contribution in [0.5, 0.6) is 5.75 Å². The number of ether oxygens (including phenoxy) is 2. The fourth-order valence-electron chi connectivity index (χ4n) is 1.89. The molecule has 0 radical (unpaired) electrons. The first-order valence-corrected chi connectivity index (χ1v) is 7.55. The summed E-state index contributed by atoms with van der Waals surface area (Å²) >= 11 is 0. The van der Waals surface area contributed by atoms with Crippen LogP contribution in [0.2, 0.25) is 0 Å². The maximum Gasteiger partial charge on any atom is 0.119 e. The van der Waals surface area contributed by atoms with Crippen LogP contribution in [0, 0.1) is 0 Å². The monoisotopic (exact) mass is 264 g/mol. The normalized spacial score (nSPS) is 10.9. The molecule has 0 atom stereocenters. The highest BCUT2D eigenvalue weighted by Gasteiger charge is 1.96. The van der Waals surface area contributed by atoms with E-state index in [0.717, 1.165) is 38.2 Å². The van der Waals surface area contributed by atoms with Gasteiger partial charge in [0, 0.05) is 6.61 Å². The van der Waals surface area contributed by atoms with Gasteiger partial charge in [-0.1, -0.05) is 25.5 Å². The second-order valence-corrected chi connectivity index (χ2v) is 5.18. The zero-order valence-electron chi connectivity index (χ0n) is 12.7. The lowest BCUT2D eigenvalue weighted by Crippen LogP contribution is -2.04. The molecule has 2 nitrogen and oxygen atoms in total. The summed E-state index contributed by atoms with van der Waals surface area (Å²) in [4.78, 5) is 0. The van der Waals surface area contributed by atoms with Crippen molar-refractivity contribution in [2.45, 2.75) is 59.0 Å². The van der Waals surface area contributed by atoms with Crippen LogP contribution in [-0.2, 0) is 11.2 Å². The SMILES string of the molecule is CCc1ccc(OCCCCCCOC(C)C)cc1. The van der Waals surface area contributed by atoms with E-state index in [4.69, 9.17) is 9.47 Å². The Labute approximate surface area is 118 Å². The van der Waals surface area contributed by atoms with Gasteiger partial charge < -0.3 is 9.47 Å². The third kappa shape index (κ3) is 7.89. The second kappa shape index (κ2) is 9.85. The highest BCUT2D eigenvalue weighted by Crippen LogP contribution is 2.13. The van der Waals surface area contributed by atoms with E-state index in [-0.39, 0.29) is 0 Å². The predicted molar refractivity (Wildman–Crippen MR) is 80.9 cm³/mol. The molecule has 0 aliphatic carbocycles. The smallest absolute Gasteiger partial charge is 0.119 e. The van der Waals surface area contributed by atoms with E-state index in [1.54, 1.807) is 0 Å². The Morgan fingerprint density at radius 2 is 1.53 bits per heavy atom. The molecule has 0 N–H and O–H groups in total. The fraction of sp³-hybridized carbons (Fsp3) is 0.647. The molecular formula is C17H28O2. The molecule has 19 heavy (non-hydrogen) atoms. The zero-order chi connectivity index (χ0) is 13.9. The van der Waals surface area contributed by atoms with Crippen LogP contribution in [0.25, 0.3) is 0 Å². The fourth-order valence-corrected chi connectivity index (χ4v) is 1.89. The summed E-state index contributed by atoms with van der Waals surface area (Å²) in [5, 5.41) is 0. The largest absolute Gasteiger partial charge is 0.494 e. The summed E-state index contributed by atoms with van der Waals surface area (Å²) < 4.78 is 11.2. The van der Waals surface area contributed by atoms with Crippen LogP contribution in [0.3, 0.4) is 0 Å². The van der Waals surface area contributed by atoms with E-state index in [9.17, 15) is 0 Å². The van der Waals surface area contributed by atoms with Crippen molar-refractivity contribution in [2.24, 2.45) is 0 Å². The molecule has 0 fully saturated rings. The summed E-state index contributed by atoms with van der Waals surface area (Å²) in [6.45, 7) is 8.03. The van der Waals surface area contributed by atoms with Gasteiger partial charge in [0.25, 0.3) is 0 Å². The quantitative estimate of drug-likeness (QED) is 0.574. The molecule has 1 aromatic rings. The highest BCUT2D eigenvalue weighted by molar-refractivity contribution is 5.27. The Morgan fingerprint density at radius 3 is 2.11 bits per heavy atom. The molecule has 0 aromatic heterocycles. The topological polar surface area (TPSA) is 18.5 Å². The van der Waals surface area contributed by atoms with Crippen molar-refractivity contribution in [3.8, 4) is 5.75 Å². The van der Waals surface area contributed by atoms with E-state index in [2.05, 4.69) is 45.0 Å². The molecule has 1 rings (SSSR count). The number of benzene rings is 1. The molecule has 0 aliphatic heterocycles. The summed E-state index contributed by atoms with van der Waals surface area (Å²) in [7, 11) is 0. The van der Waals surface area contributed by atoms with Crippen LogP contribution in [-0.4, -0.2) is 19.3 Å². The summed E-state index contributed by atoms with van der Waals surface area (Å²) in [5.74, 6) is 0.986. The molecule has 0 aliphatic rings. The standard InChI is InChI=1S/C17H28O2/c1-4-16-9-11-17(12-10-16)19-14-8-6-5-7-13-18-15(2)3/h9-12,15H,4-8,13-14H2,1-3H3. The first-order valence-electron chi connectivity index (χ1n) is 7.55. The molecule has 0 heterocycles. The molecular weight excluding hydrogens is 236 g/mol. The number of hydrogen-bond donors (Lipinski definition) is 0. The van der Waals surface area contributed by atoms with E-state index >= 15 is 0 Å². The minimum Gasteiger partial charge on any atom is -0.494 e. The lowest BCUT2D eigenvalue weighted by molar-refractivity contribution is 0.0755. The molecule has 1 aromatic carbocycles. The zero-order valence-corrected chi connectivity index (χ0v) is 12.7. The van der Waals surface area contributed by atoms with Crippen molar-refractivity contribution < 1.29 is 9.47 Å². The average Bonchev–Trinajstić information content (AvgIpc) is 2.42. The van der Waals surface area contributed by atoms with Gasteiger partial charge in [-0.05, 0) is 57.2 Å². The maximum absolute atomic E-state index is 5.72. The Balaban J connectivity index is 1.98. The first kappa shape index (κ1) is 16.0.